The number of aromatic amines is 1. The highest BCUT2D eigenvalue weighted by Crippen LogP contribution is 2.46. The second-order valence-corrected chi connectivity index (χ2v) is 11.8. The summed E-state index contributed by atoms with van der Waals surface area (Å²) in [6.45, 7) is 10.9. The number of thioether (sulfide) groups is 1. The number of nitrogens with zero attached hydrogens (tertiary/aromatic N) is 1. The Morgan fingerprint density at radius 1 is 0.911 bits per heavy atom. The van der Waals surface area contributed by atoms with Gasteiger partial charge in [-0.15, -0.1) is 18.3 Å². The smallest absolute Gasteiger partial charge is 0.241 e. The summed E-state index contributed by atoms with van der Waals surface area (Å²) in [5.41, 5.74) is 7.77. The lowest BCUT2D eigenvalue weighted by Gasteiger charge is -2.24. The molecule has 0 bridgehead atoms. The number of benzene rings is 4. The summed E-state index contributed by atoms with van der Waals surface area (Å²) in [5.74, 6) is 6.55. The highest BCUT2D eigenvalue weighted by molar-refractivity contribution is 8.01. The van der Waals surface area contributed by atoms with E-state index in [4.69, 9.17) is 0 Å². The first-order valence-electron chi connectivity index (χ1n) is 15.6. The molecule has 0 radical (unpaired) electrons. The van der Waals surface area contributed by atoms with Crippen LogP contribution in [0.2, 0.25) is 0 Å². The number of aromatic nitrogens is 1. The van der Waals surface area contributed by atoms with Gasteiger partial charge in [0.25, 0.3) is 0 Å². The minimum Gasteiger partial charge on any atom is -0.361 e. The molecule has 5 heteroatoms. The third-order valence-electron chi connectivity index (χ3n) is 7.34. The number of hydrogen-bond donors (Lipinski definition) is 2. The molecule has 2 heterocycles. The lowest BCUT2D eigenvalue weighted by Crippen LogP contribution is -2.30. The van der Waals surface area contributed by atoms with E-state index < -0.39 is 0 Å². The molecule has 2 unspecified atom stereocenters. The van der Waals surface area contributed by atoms with E-state index in [2.05, 4.69) is 77.4 Å². The van der Waals surface area contributed by atoms with Gasteiger partial charge in [0, 0.05) is 33.9 Å². The first-order valence-corrected chi connectivity index (χ1v) is 16.5. The van der Waals surface area contributed by atoms with E-state index in [1.165, 1.54) is 16.5 Å². The van der Waals surface area contributed by atoms with Gasteiger partial charge in [-0.1, -0.05) is 92.4 Å². The summed E-state index contributed by atoms with van der Waals surface area (Å²) in [6, 6.07) is 34.7. The van der Waals surface area contributed by atoms with Gasteiger partial charge in [-0.2, -0.15) is 0 Å². The summed E-state index contributed by atoms with van der Waals surface area (Å²) in [7, 11) is 1.98. The Morgan fingerprint density at radius 3 is 2.29 bits per heavy atom. The maximum absolute atomic E-state index is 13.2. The summed E-state index contributed by atoms with van der Waals surface area (Å²) >= 11 is 1.69. The second kappa shape index (κ2) is 17.1. The van der Waals surface area contributed by atoms with Crippen molar-refractivity contribution in [2.45, 2.75) is 44.2 Å². The van der Waals surface area contributed by atoms with Gasteiger partial charge in [-0.3, -0.25) is 9.69 Å². The monoisotopic (exact) mass is 613 g/mol. The van der Waals surface area contributed by atoms with Crippen molar-refractivity contribution in [3.63, 3.8) is 0 Å². The standard InChI is InChI=1S/C27H23NOS.C11H14N2.C2H6/c1-3-8-25-26(29)28(24-12-7-9-20(2)19-24)27(30-25)23-17-15-22(16-18-23)14-13-21-10-5-4-6-11-21;1-12-7-6-9-8-13-11-5-3-2-4-10(9)11;1-2/h3-7,9-12,15-19,25,27H,1,8H2,2H3;2-5,8,12-13H,6-7H2,1H3;1-2H3. The average molecular weight is 614 g/mol. The van der Waals surface area contributed by atoms with Crippen LogP contribution in [0.3, 0.4) is 0 Å². The van der Waals surface area contributed by atoms with Crippen molar-refractivity contribution in [3.8, 4) is 11.8 Å². The van der Waals surface area contributed by atoms with E-state index in [9.17, 15) is 4.79 Å². The van der Waals surface area contributed by atoms with Crippen LogP contribution in [-0.2, 0) is 11.2 Å². The molecule has 0 spiro atoms. The SMILES string of the molecule is C=CCC1SC(c2ccc(C#Cc3ccccc3)cc2)N(c2cccc(C)c2)C1=O.CC.CNCCc1c[nH]c2ccccc12. The van der Waals surface area contributed by atoms with E-state index in [1.807, 2.05) is 99.5 Å². The number of H-pyrrole nitrogens is 1. The number of amides is 1. The van der Waals surface area contributed by atoms with Crippen LogP contribution in [0.5, 0.6) is 0 Å². The molecule has 230 valence electrons. The number of carbonyl (C=O) groups is 1. The third-order valence-corrected chi connectivity index (χ3v) is 8.80. The molecule has 4 nitrogen and oxygen atoms in total. The molecule has 0 aliphatic carbocycles. The molecule has 5 aromatic rings. The summed E-state index contributed by atoms with van der Waals surface area (Å²) in [6.07, 6.45) is 5.68. The molecular weight excluding hydrogens is 571 g/mol. The van der Waals surface area contributed by atoms with E-state index in [-0.39, 0.29) is 16.5 Å². The maximum atomic E-state index is 13.2. The Balaban J connectivity index is 0.000000255. The van der Waals surface area contributed by atoms with Crippen LogP contribution in [0, 0.1) is 18.8 Å². The van der Waals surface area contributed by atoms with Gasteiger partial charge in [-0.25, -0.2) is 0 Å². The zero-order chi connectivity index (χ0) is 32.0. The van der Waals surface area contributed by atoms with Crippen LogP contribution in [0.4, 0.5) is 5.69 Å². The fourth-order valence-electron chi connectivity index (χ4n) is 5.12. The van der Waals surface area contributed by atoms with Crippen LogP contribution in [0.15, 0.2) is 122 Å². The predicted octanol–water partition coefficient (Wildman–Crippen LogP) is 9.07. The average Bonchev–Trinajstić information content (AvgIpc) is 3.65. The van der Waals surface area contributed by atoms with E-state index >= 15 is 0 Å². The van der Waals surface area contributed by atoms with Gasteiger partial charge < -0.3 is 10.3 Å². The van der Waals surface area contributed by atoms with Crippen LogP contribution in [0.25, 0.3) is 10.9 Å². The Bertz CT molecular complexity index is 1730. The lowest BCUT2D eigenvalue weighted by molar-refractivity contribution is -0.117. The first-order chi connectivity index (χ1) is 22.1. The molecule has 1 aliphatic heterocycles. The fourth-order valence-corrected chi connectivity index (χ4v) is 6.57. The van der Waals surface area contributed by atoms with Crippen LogP contribution < -0.4 is 10.2 Å². The highest BCUT2D eigenvalue weighted by Gasteiger charge is 2.41. The molecule has 1 amide bonds. The van der Waals surface area contributed by atoms with E-state index in [0.717, 1.165) is 40.9 Å². The van der Waals surface area contributed by atoms with Gasteiger partial charge in [-0.05, 0) is 92.5 Å². The van der Waals surface area contributed by atoms with Crippen LogP contribution in [-0.4, -0.2) is 29.7 Å². The number of allylic oxidation sites excluding steroid dienone is 1. The fraction of sp³-hybridized carbons (Fsp3) is 0.225. The van der Waals surface area contributed by atoms with Crippen molar-refractivity contribution in [2.75, 3.05) is 18.5 Å². The normalized spacial score (nSPS) is 15.3. The lowest BCUT2D eigenvalue weighted by atomic mass is 10.1. The number of rotatable bonds is 7. The molecule has 4 aromatic carbocycles. The minimum absolute atomic E-state index is 0.0552. The van der Waals surface area contributed by atoms with Crippen molar-refractivity contribution in [2.24, 2.45) is 0 Å². The Morgan fingerprint density at radius 2 is 1.60 bits per heavy atom. The van der Waals surface area contributed by atoms with Crippen molar-refractivity contribution >= 4 is 34.3 Å². The van der Waals surface area contributed by atoms with Gasteiger partial charge >= 0.3 is 0 Å². The quantitative estimate of drug-likeness (QED) is 0.142. The largest absolute Gasteiger partial charge is 0.361 e. The molecule has 1 fully saturated rings. The van der Waals surface area contributed by atoms with E-state index in [0.29, 0.717) is 6.42 Å². The van der Waals surface area contributed by atoms with Crippen molar-refractivity contribution in [1.82, 2.24) is 10.3 Å². The van der Waals surface area contributed by atoms with Crippen molar-refractivity contribution < 1.29 is 4.79 Å². The van der Waals surface area contributed by atoms with Gasteiger partial charge in [0.15, 0.2) is 0 Å². The number of anilines is 1. The highest BCUT2D eigenvalue weighted by atomic mass is 32.2. The van der Waals surface area contributed by atoms with Gasteiger partial charge in [0.1, 0.15) is 5.37 Å². The molecule has 1 aromatic heterocycles. The number of likely N-dealkylation sites (N-methyl/N-ethyl adjacent to an activating group) is 1. The number of fused-ring (bicyclic) bond motifs is 1. The Kier molecular flexibility index (Phi) is 12.7. The Hall–Kier alpha value is -4.50. The maximum Gasteiger partial charge on any atom is 0.241 e. The van der Waals surface area contributed by atoms with Crippen LogP contribution >= 0.6 is 11.8 Å². The number of hydrogen-bond acceptors (Lipinski definition) is 3. The predicted molar refractivity (Wildman–Crippen MR) is 194 cm³/mol. The molecule has 0 saturated carbocycles. The molecule has 45 heavy (non-hydrogen) atoms. The zero-order valence-electron chi connectivity index (χ0n) is 26.7. The summed E-state index contributed by atoms with van der Waals surface area (Å²) < 4.78 is 0. The third kappa shape index (κ3) is 8.79. The van der Waals surface area contributed by atoms with Crippen LogP contribution in [0.1, 0.15) is 53.5 Å². The van der Waals surface area contributed by atoms with Gasteiger partial charge in [0.05, 0.1) is 5.25 Å². The number of para-hydroxylation sites is 1. The number of nitrogens with one attached hydrogen (secondary N) is 2. The number of carbonyl (C=O) groups excluding carboxylic acids is 1. The topological polar surface area (TPSA) is 48.1 Å². The summed E-state index contributed by atoms with van der Waals surface area (Å²) in [5, 5.41) is 4.34. The van der Waals surface area contributed by atoms with Gasteiger partial charge in [0.2, 0.25) is 5.91 Å². The Labute approximate surface area is 273 Å². The number of aryl methyl sites for hydroxylation is 1. The summed E-state index contributed by atoms with van der Waals surface area (Å²) in [4.78, 5) is 18.3. The van der Waals surface area contributed by atoms with Crippen molar-refractivity contribution in [1.29, 1.82) is 0 Å². The van der Waals surface area contributed by atoms with E-state index in [1.54, 1.807) is 11.8 Å². The molecule has 6 rings (SSSR count). The molecular formula is C40H43N3OS. The molecule has 2 N–H and O–H groups in total. The van der Waals surface area contributed by atoms with Crippen molar-refractivity contribution in [3.05, 3.63) is 150 Å². The molecule has 1 aliphatic rings. The second-order valence-electron chi connectivity index (χ2n) is 10.5. The molecule has 1 saturated heterocycles. The molecule has 2 atom stereocenters. The zero-order valence-corrected chi connectivity index (χ0v) is 27.5. The first kappa shape index (κ1) is 33.4. The minimum atomic E-state index is -0.106.